The second kappa shape index (κ2) is 7.40. The van der Waals surface area contributed by atoms with Crippen LogP contribution in [0, 0.1) is 0 Å². The molecule has 0 unspecified atom stereocenters. The number of ether oxygens (including phenoxy) is 1. The summed E-state index contributed by atoms with van der Waals surface area (Å²) in [7, 11) is -0.0209. The Hall–Kier alpha value is -0.890. The van der Waals surface area contributed by atoms with E-state index in [4.69, 9.17) is 4.74 Å². The van der Waals surface area contributed by atoms with E-state index >= 15 is 0 Å². The van der Waals surface area contributed by atoms with Gasteiger partial charge in [-0.05, 0) is 31.0 Å². The average molecular weight is 315 g/mol. The molecule has 7 heteroatoms. The molecule has 0 bridgehead atoms. The first-order valence-corrected chi connectivity index (χ1v) is 8.82. The van der Waals surface area contributed by atoms with Gasteiger partial charge in [0.15, 0.2) is 0 Å². The quantitative estimate of drug-likeness (QED) is 0.811. The van der Waals surface area contributed by atoms with Crippen LogP contribution in [0.4, 0.5) is 0 Å². The van der Waals surface area contributed by atoms with Gasteiger partial charge in [-0.15, -0.1) is 0 Å². The molecule has 2 heterocycles. The summed E-state index contributed by atoms with van der Waals surface area (Å²) in [6.45, 7) is 3.20. The molecule has 1 saturated heterocycles. The minimum Gasteiger partial charge on any atom is -0.383 e. The number of hydrogen-bond acceptors (Lipinski definition) is 4. The van der Waals surface area contributed by atoms with Crippen LogP contribution in [-0.4, -0.2) is 68.3 Å². The maximum Gasteiger partial charge on any atom is 0.218 e. The molecular formula is C14H25N3O3S. The van der Waals surface area contributed by atoms with E-state index in [1.807, 2.05) is 18.5 Å². The summed E-state index contributed by atoms with van der Waals surface area (Å²) >= 11 is 0. The Morgan fingerprint density at radius 3 is 3.00 bits per heavy atom. The number of nitrogens with one attached hydrogen (secondary N) is 1. The average Bonchev–Trinajstić information content (AvgIpc) is 2.97. The molecule has 1 fully saturated rings. The first kappa shape index (κ1) is 16.5. The van der Waals surface area contributed by atoms with E-state index in [9.17, 15) is 8.42 Å². The van der Waals surface area contributed by atoms with Crippen LogP contribution >= 0.6 is 0 Å². The molecule has 0 spiro atoms. The predicted molar refractivity (Wildman–Crippen MR) is 82.5 cm³/mol. The highest BCUT2D eigenvalue weighted by Gasteiger charge is 2.33. The van der Waals surface area contributed by atoms with Gasteiger partial charge in [-0.25, -0.2) is 12.7 Å². The van der Waals surface area contributed by atoms with E-state index in [-0.39, 0.29) is 5.25 Å². The van der Waals surface area contributed by atoms with Crippen molar-refractivity contribution in [1.82, 2.24) is 14.2 Å². The topological polar surface area (TPSA) is 65.6 Å². The Bertz CT molecular complexity index is 516. The van der Waals surface area contributed by atoms with Gasteiger partial charge < -0.3 is 9.72 Å². The third-order valence-electron chi connectivity index (χ3n) is 4.00. The van der Waals surface area contributed by atoms with Gasteiger partial charge in [0, 0.05) is 46.2 Å². The minimum absolute atomic E-state index is 0.313. The number of hydrogen-bond donors (Lipinski definition) is 1. The molecule has 1 atom stereocenters. The molecule has 21 heavy (non-hydrogen) atoms. The summed E-state index contributed by atoms with van der Waals surface area (Å²) in [4.78, 5) is 5.26. The van der Waals surface area contributed by atoms with E-state index in [1.54, 1.807) is 14.2 Å². The van der Waals surface area contributed by atoms with Crippen molar-refractivity contribution in [3.8, 4) is 0 Å². The second-order valence-electron chi connectivity index (χ2n) is 5.58. The molecule has 6 nitrogen and oxygen atoms in total. The Kier molecular flexibility index (Phi) is 5.80. The maximum absolute atomic E-state index is 12.6. The summed E-state index contributed by atoms with van der Waals surface area (Å²) < 4.78 is 31.6. The SMILES string of the molecule is COCCN(C)S(=O)(=O)[C@@H]1CCCN(Cc2cc[nH]c2)C1. The summed E-state index contributed by atoms with van der Waals surface area (Å²) in [5.74, 6) is 0. The molecule has 1 aliphatic heterocycles. The molecule has 1 aliphatic rings. The lowest BCUT2D eigenvalue weighted by Gasteiger charge is -2.34. The van der Waals surface area contributed by atoms with Gasteiger partial charge in [-0.3, -0.25) is 4.90 Å². The molecule has 0 radical (unpaired) electrons. The first-order chi connectivity index (χ1) is 10.0. The zero-order valence-corrected chi connectivity index (χ0v) is 13.6. The van der Waals surface area contributed by atoms with Crippen LogP contribution in [-0.2, 0) is 21.3 Å². The summed E-state index contributed by atoms with van der Waals surface area (Å²) in [6.07, 6.45) is 5.52. The fourth-order valence-corrected chi connectivity index (χ4v) is 4.42. The van der Waals surface area contributed by atoms with Crippen molar-refractivity contribution < 1.29 is 13.2 Å². The number of nitrogens with zero attached hydrogens (tertiary/aromatic N) is 2. The highest BCUT2D eigenvalue weighted by Crippen LogP contribution is 2.21. The number of rotatable bonds is 7. The van der Waals surface area contributed by atoms with Crippen LogP contribution in [0.1, 0.15) is 18.4 Å². The van der Waals surface area contributed by atoms with E-state index in [0.717, 1.165) is 25.9 Å². The predicted octanol–water partition coefficient (Wildman–Crippen LogP) is 0.887. The van der Waals surface area contributed by atoms with Gasteiger partial charge in [-0.1, -0.05) is 0 Å². The molecule has 1 aromatic rings. The van der Waals surface area contributed by atoms with Gasteiger partial charge in [-0.2, -0.15) is 0 Å². The lowest BCUT2D eigenvalue weighted by molar-refractivity contribution is 0.182. The van der Waals surface area contributed by atoms with Crippen LogP contribution in [0.3, 0.4) is 0 Å². The normalized spacial score (nSPS) is 21.0. The largest absolute Gasteiger partial charge is 0.383 e. The van der Waals surface area contributed by atoms with Crippen LogP contribution in [0.15, 0.2) is 18.5 Å². The third-order valence-corrected chi connectivity index (χ3v) is 6.28. The van der Waals surface area contributed by atoms with Gasteiger partial charge >= 0.3 is 0 Å². The van der Waals surface area contributed by atoms with Crippen LogP contribution in [0.25, 0.3) is 0 Å². The number of methoxy groups -OCH3 is 1. The number of H-pyrrole nitrogens is 1. The highest BCUT2D eigenvalue weighted by molar-refractivity contribution is 7.89. The van der Waals surface area contributed by atoms with Gasteiger partial charge in [0.2, 0.25) is 10.0 Å². The van der Waals surface area contributed by atoms with Gasteiger partial charge in [0.1, 0.15) is 0 Å². The molecule has 120 valence electrons. The number of sulfonamides is 1. The molecule has 0 saturated carbocycles. The Morgan fingerprint density at radius 2 is 2.33 bits per heavy atom. The fourth-order valence-electron chi connectivity index (χ4n) is 2.72. The molecule has 0 amide bonds. The van der Waals surface area contributed by atoms with Crippen LogP contribution < -0.4 is 0 Å². The summed E-state index contributed by atoms with van der Waals surface area (Å²) in [5, 5.41) is -0.313. The van der Waals surface area contributed by atoms with Crippen LogP contribution in [0.5, 0.6) is 0 Å². The van der Waals surface area contributed by atoms with E-state index < -0.39 is 10.0 Å². The minimum atomic E-state index is -3.24. The lowest BCUT2D eigenvalue weighted by atomic mass is 10.1. The molecule has 1 N–H and O–H groups in total. The van der Waals surface area contributed by atoms with Crippen molar-refractivity contribution in [3.05, 3.63) is 24.0 Å². The van der Waals surface area contributed by atoms with E-state index in [0.29, 0.717) is 19.7 Å². The van der Waals surface area contributed by atoms with Crippen molar-refractivity contribution in [1.29, 1.82) is 0 Å². The molecule has 0 aliphatic carbocycles. The Labute approximate surface area is 127 Å². The van der Waals surface area contributed by atoms with Crippen LogP contribution in [0.2, 0.25) is 0 Å². The molecule has 2 rings (SSSR count). The van der Waals surface area contributed by atoms with Crippen molar-refractivity contribution in [2.75, 3.05) is 40.4 Å². The standard InChI is InChI=1S/C14H25N3O3S/c1-16(8-9-20-2)21(18,19)14-4-3-7-17(12-14)11-13-5-6-15-10-13/h5-6,10,14-15H,3-4,7-9,11-12H2,1-2H3/t14-/m1/s1. The lowest BCUT2D eigenvalue weighted by Crippen LogP contribution is -2.47. The first-order valence-electron chi connectivity index (χ1n) is 7.32. The van der Waals surface area contributed by atoms with Crippen molar-refractivity contribution in [2.24, 2.45) is 0 Å². The molecule has 0 aromatic carbocycles. The highest BCUT2D eigenvalue weighted by atomic mass is 32.2. The fraction of sp³-hybridized carbons (Fsp3) is 0.714. The number of piperidine rings is 1. The molecular weight excluding hydrogens is 290 g/mol. The summed E-state index contributed by atoms with van der Waals surface area (Å²) in [6, 6.07) is 2.03. The van der Waals surface area contributed by atoms with Gasteiger partial charge in [0.05, 0.1) is 11.9 Å². The number of aromatic nitrogens is 1. The molecule has 1 aromatic heterocycles. The smallest absolute Gasteiger partial charge is 0.218 e. The zero-order chi connectivity index (χ0) is 15.3. The maximum atomic E-state index is 12.6. The monoisotopic (exact) mass is 315 g/mol. The van der Waals surface area contributed by atoms with Gasteiger partial charge in [0.25, 0.3) is 0 Å². The summed E-state index contributed by atoms with van der Waals surface area (Å²) in [5.41, 5.74) is 1.20. The van der Waals surface area contributed by atoms with E-state index in [2.05, 4.69) is 9.88 Å². The third kappa shape index (κ3) is 4.29. The zero-order valence-electron chi connectivity index (χ0n) is 12.8. The Balaban J connectivity index is 1.96. The van der Waals surface area contributed by atoms with Crippen molar-refractivity contribution in [3.63, 3.8) is 0 Å². The van der Waals surface area contributed by atoms with Crippen molar-refractivity contribution >= 4 is 10.0 Å². The second-order valence-corrected chi connectivity index (χ2v) is 7.90. The number of likely N-dealkylation sites (N-methyl/N-ethyl adjacent to an activating group) is 1. The Morgan fingerprint density at radius 1 is 1.52 bits per heavy atom. The van der Waals surface area contributed by atoms with E-state index in [1.165, 1.54) is 9.87 Å². The number of aromatic amines is 1. The van der Waals surface area contributed by atoms with Crippen molar-refractivity contribution in [2.45, 2.75) is 24.6 Å². The number of likely N-dealkylation sites (tertiary alicyclic amines) is 1.